The molecule has 3 N–H and O–H groups in total. The van der Waals surface area contributed by atoms with E-state index in [9.17, 15) is 4.79 Å². The molecular formula is C9H16N2O. The molecule has 0 unspecified atom stereocenters. The van der Waals surface area contributed by atoms with Crippen LogP contribution >= 0.6 is 0 Å². The molecule has 1 amide bonds. The highest BCUT2D eigenvalue weighted by Crippen LogP contribution is 1.91. The molecule has 0 aromatic heterocycles. The lowest BCUT2D eigenvalue weighted by Gasteiger charge is -2.06. The third kappa shape index (κ3) is 5.75. The number of rotatable bonds is 5. The molecule has 3 heteroatoms. The Bertz CT molecular complexity index is 170. The molecule has 0 fully saturated rings. The maximum atomic E-state index is 10.9. The number of nitrogens with one attached hydrogen (secondary N) is 1. The monoisotopic (exact) mass is 168 g/mol. The van der Waals surface area contributed by atoms with Crippen LogP contribution in [0.5, 0.6) is 0 Å². The molecule has 0 radical (unpaired) electrons. The van der Waals surface area contributed by atoms with Gasteiger partial charge in [0, 0.05) is 13.0 Å². The first-order valence-electron chi connectivity index (χ1n) is 4.15. The quantitative estimate of drug-likeness (QED) is 0.457. The Kier molecular flexibility index (Phi) is 6.12. The predicted octanol–water partition coefficient (Wildman–Crippen LogP) is 0.253. The number of hydrogen-bond acceptors (Lipinski definition) is 2. The number of terminal acetylenes is 1. The van der Waals surface area contributed by atoms with Crippen molar-refractivity contribution in [1.82, 2.24) is 5.32 Å². The van der Waals surface area contributed by atoms with Gasteiger partial charge in [0.25, 0.3) is 0 Å². The summed E-state index contributed by atoms with van der Waals surface area (Å²) in [6.07, 6.45) is 7.71. The van der Waals surface area contributed by atoms with Gasteiger partial charge in [-0.3, -0.25) is 4.79 Å². The van der Waals surface area contributed by atoms with Crippen molar-refractivity contribution >= 4 is 5.91 Å². The van der Waals surface area contributed by atoms with E-state index in [1.807, 2.05) is 0 Å². The first-order chi connectivity index (χ1) is 5.68. The summed E-state index contributed by atoms with van der Waals surface area (Å²) >= 11 is 0. The summed E-state index contributed by atoms with van der Waals surface area (Å²) in [4.78, 5) is 10.9. The molecule has 0 aromatic carbocycles. The second kappa shape index (κ2) is 6.68. The lowest BCUT2D eigenvalue weighted by atomic mass is 10.2. The molecule has 0 aliphatic carbocycles. The van der Waals surface area contributed by atoms with Gasteiger partial charge in [-0.25, -0.2) is 0 Å². The molecular weight excluding hydrogens is 152 g/mol. The normalized spacial score (nSPS) is 11.8. The summed E-state index contributed by atoms with van der Waals surface area (Å²) in [5, 5.41) is 2.71. The van der Waals surface area contributed by atoms with E-state index in [0.29, 0.717) is 6.54 Å². The third-order valence-corrected chi connectivity index (χ3v) is 1.46. The van der Waals surface area contributed by atoms with Crippen LogP contribution in [0.2, 0.25) is 0 Å². The Hall–Kier alpha value is -1.01. The second-order valence-corrected chi connectivity index (χ2v) is 2.74. The van der Waals surface area contributed by atoms with Crippen LogP contribution in [0.4, 0.5) is 0 Å². The fourth-order valence-electron chi connectivity index (χ4n) is 0.725. The van der Waals surface area contributed by atoms with Crippen LogP contribution in [0.1, 0.15) is 26.2 Å². The van der Waals surface area contributed by atoms with Gasteiger partial charge in [0.05, 0.1) is 6.04 Å². The summed E-state index contributed by atoms with van der Waals surface area (Å²) in [7, 11) is 0. The van der Waals surface area contributed by atoms with Crippen molar-refractivity contribution in [2.75, 3.05) is 6.54 Å². The van der Waals surface area contributed by atoms with Crippen molar-refractivity contribution in [3.8, 4) is 12.3 Å². The van der Waals surface area contributed by atoms with Gasteiger partial charge >= 0.3 is 0 Å². The molecule has 0 bridgehead atoms. The first-order valence-corrected chi connectivity index (χ1v) is 4.15. The summed E-state index contributed by atoms with van der Waals surface area (Å²) < 4.78 is 0. The van der Waals surface area contributed by atoms with E-state index >= 15 is 0 Å². The maximum Gasteiger partial charge on any atom is 0.236 e. The van der Waals surface area contributed by atoms with Crippen LogP contribution in [0.25, 0.3) is 0 Å². The lowest BCUT2D eigenvalue weighted by Crippen LogP contribution is -2.38. The minimum atomic E-state index is -0.419. The molecule has 1 atom stereocenters. The van der Waals surface area contributed by atoms with Crippen LogP contribution in [0.3, 0.4) is 0 Å². The standard InChI is InChI=1S/C9H16N2O/c1-3-4-5-6-7-11-9(12)8(2)10/h1,8H,4-7,10H2,2H3,(H,11,12)/t8-/m0/s1. The summed E-state index contributed by atoms with van der Waals surface area (Å²) in [5.74, 6) is 2.44. The number of hydrogen-bond donors (Lipinski definition) is 2. The molecule has 12 heavy (non-hydrogen) atoms. The molecule has 0 rings (SSSR count). The van der Waals surface area contributed by atoms with Gasteiger partial charge in [-0.2, -0.15) is 0 Å². The van der Waals surface area contributed by atoms with E-state index in [0.717, 1.165) is 19.3 Å². The van der Waals surface area contributed by atoms with Crippen molar-refractivity contribution in [2.45, 2.75) is 32.2 Å². The van der Waals surface area contributed by atoms with Gasteiger partial charge in [0.1, 0.15) is 0 Å². The van der Waals surface area contributed by atoms with E-state index in [-0.39, 0.29) is 5.91 Å². The molecule has 0 heterocycles. The Morgan fingerprint density at radius 2 is 2.33 bits per heavy atom. The van der Waals surface area contributed by atoms with E-state index in [4.69, 9.17) is 12.2 Å². The molecule has 0 aromatic rings. The highest BCUT2D eigenvalue weighted by atomic mass is 16.2. The van der Waals surface area contributed by atoms with Gasteiger partial charge in [0.15, 0.2) is 0 Å². The summed E-state index contributed by atoms with van der Waals surface area (Å²) in [6.45, 7) is 2.33. The SMILES string of the molecule is C#CCCCCNC(=O)[C@H](C)N. The van der Waals surface area contributed by atoms with Crippen molar-refractivity contribution in [3.05, 3.63) is 0 Å². The van der Waals surface area contributed by atoms with Gasteiger partial charge in [-0.05, 0) is 19.8 Å². The van der Waals surface area contributed by atoms with Crippen LogP contribution in [0.15, 0.2) is 0 Å². The second-order valence-electron chi connectivity index (χ2n) is 2.74. The first kappa shape index (κ1) is 11.0. The molecule has 0 aliphatic rings. The minimum absolute atomic E-state index is 0.101. The van der Waals surface area contributed by atoms with Crippen molar-refractivity contribution < 1.29 is 4.79 Å². The molecule has 0 aliphatic heterocycles. The zero-order valence-corrected chi connectivity index (χ0v) is 7.47. The van der Waals surface area contributed by atoms with E-state index in [1.165, 1.54) is 0 Å². The topological polar surface area (TPSA) is 55.1 Å². The molecule has 0 saturated heterocycles. The Labute approximate surface area is 73.7 Å². The fourth-order valence-corrected chi connectivity index (χ4v) is 0.725. The number of carbonyl (C=O) groups excluding carboxylic acids is 1. The van der Waals surface area contributed by atoms with Crippen LogP contribution in [0, 0.1) is 12.3 Å². The lowest BCUT2D eigenvalue weighted by molar-refractivity contribution is -0.121. The number of carbonyl (C=O) groups is 1. The van der Waals surface area contributed by atoms with Gasteiger partial charge in [-0.1, -0.05) is 0 Å². The zero-order chi connectivity index (χ0) is 9.40. The van der Waals surface area contributed by atoms with E-state index in [2.05, 4.69) is 11.2 Å². The number of amides is 1. The smallest absolute Gasteiger partial charge is 0.236 e. The number of unbranched alkanes of at least 4 members (excludes halogenated alkanes) is 2. The van der Waals surface area contributed by atoms with Gasteiger partial charge in [0.2, 0.25) is 5.91 Å². The number of nitrogens with two attached hydrogens (primary N) is 1. The Morgan fingerprint density at radius 3 is 2.83 bits per heavy atom. The van der Waals surface area contributed by atoms with E-state index in [1.54, 1.807) is 6.92 Å². The average molecular weight is 168 g/mol. The highest BCUT2D eigenvalue weighted by Gasteiger charge is 2.04. The molecule has 0 spiro atoms. The van der Waals surface area contributed by atoms with Crippen LogP contribution in [-0.2, 0) is 4.79 Å². The fraction of sp³-hybridized carbons (Fsp3) is 0.667. The average Bonchev–Trinajstić information content (AvgIpc) is 2.03. The minimum Gasteiger partial charge on any atom is -0.355 e. The van der Waals surface area contributed by atoms with Gasteiger partial charge < -0.3 is 11.1 Å². The zero-order valence-electron chi connectivity index (χ0n) is 7.47. The highest BCUT2D eigenvalue weighted by molar-refractivity contribution is 5.80. The Morgan fingerprint density at radius 1 is 1.67 bits per heavy atom. The summed E-state index contributed by atoms with van der Waals surface area (Å²) in [5.41, 5.74) is 5.33. The van der Waals surface area contributed by atoms with Crippen LogP contribution < -0.4 is 11.1 Å². The largest absolute Gasteiger partial charge is 0.355 e. The molecule has 68 valence electrons. The third-order valence-electron chi connectivity index (χ3n) is 1.46. The van der Waals surface area contributed by atoms with Crippen molar-refractivity contribution in [2.24, 2.45) is 5.73 Å². The molecule has 0 saturated carbocycles. The van der Waals surface area contributed by atoms with Crippen LogP contribution in [-0.4, -0.2) is 18.5 Å². The summed E-state index contributed by atoms with van der Waals surface area (Å²) in [6, 6.07) is -0.419. The van der Waals surface area contributed by atoms with E-state index < -0.39 is 6.04 Å². The maximum absolute atomic E-state index is 10.9. The van der Waals surface area contributed by atoms with Crippen molar-refractivity contribution in [3.63, 3.8) is 0 Å². The van der Waals surface area contributed by atoms with Gasteiger partial charge in [-0.15, -0.1) is 12.3 Å². The van der Waals surface area contributed by atoms with Crippen molar-refractivity contribution in [1.29, 1.82) is 0 Å². The molecule has 3 nitrogen and oxygen atoms in total. The predicted molar refractivity (Wildman–Crippen MR) is 49.3 cm³/mol. The Balaban J connectivity index is 3.21.